The largest absolute Gasteiger partial charge is 0.311 e. The van der Waals surface area contributed by atoms with E-state index in [1.54, 1.807) is 12.1 Å². The van der Waals surface area contributed by atoms with Gasteiger partial charge in [-0.2, -0.15) is 5.26 Å². The molecule has 3 aliphatic carbocycles. The van der Waals surface area contributed by atoms with Crippen molar-refractivity contribution in [3.8, 4) is 6.07 Å². The average Bonchev–Trinajstić information content (AvgIpc) is 3.09. The number of nitrogens with zero attached hydrogens (tertiary/aromatic N) is 2. The summed E-state index contributed by atoms with van der Waals surface area (Å²) in [6.45, 7) is 2.21. The number of hydrogen-bond acceptors (Lipinski definition) is 4. The van der Waals surface area contributed by atoms with Gasteiger partial charge in [0, 0.05) is 29.5 Å². The molecular formula is C28H30ClN3O2. The minimum absolute atomic E-state index is 0.0747. The second-order valence-corrected chi connectivity index (χ2v) is 10.9. The maximum absolute atomic E-state index is 13.2. The van der Waals surface area contributed by atoms with Crippen LogP contribution in [0.2, 0.25) is 5.02 Å². The van der Waals surface area contributed by atoms with Crippen LogP contribution in [-0.2, 0) is 16.0 Å². The first-order chi connectivity index (χ1) is 16.4. The molecule has 34 heavy (non-hydrogen) atoms. The van der Waals surface area contributed by atoms with E-state index in [0.29, 0.717) is 53.7 Å². The second-order valence-electron chi connectivity index (χ2n) is 10.5. The first-order valence-corrected chi connectivity index (χ1v) is 12.7. The van der Waals surface area contributed by atoms with Crippen molar-refractivity contribution in [2.45, 2.75) is 64.2 Å². The fourth-order valence-corrected chi connectivity index (χ4v) is 7.33. The molecule has 0 aliphatic heterocycles. The van der Waals surface area contributed by atoms with Gasteiger partial charge in [-0.15, -0.1) is 0 Å². The monoisotopic (exact) mass is 475 g/mol. The smallest absolute Gasteiger partial charge is 0.225 e. The Morgan fingerprint density at radius 2 is 2.15 bits per heavy atom. The van der Waals surface area contributed by atoms with Crippen LogP contribution in [0.15, 0.2) is 36.5 Å². The Hall–Kier alpha value is -2.71. The van der Waals surface area contributed by atoms with Gasteiger partial charge in [-0.1, -0.05) is 24.6 Å². The molecule has 1 heterocycles. The van der Waals surface area contributed by atoms with E-state index in [1.165, 1.54) is 17.3 Å². The quantitative estimate of drug-likeness (QED) is 0.569. The van der Waals surface area contributed by atoms with Crippen LogP contribution in [0.3, 0.4) is 0 Å². The number of anilines is 1. The lowest BCUT2D eigenvalue weighted by molar-refractivity contribution is -0.129. The van der Waals surface area contributed by atoms with Crippen molar-refractivity contribution in [3.63, 3.8) is 0 Å². The molecule has 1 aromatic carbocycles. The Balaban J connectivity index is 1.25. The first-order valence-electron chi connectivity index (χ1n) is 12.4. The number of carbonyl (C=O) groups excluding carboxylic acids is 2. The Bertz CT molecular complexity index is 1160. The van der Waals surface area contributed by atoms with Gasteiger partial charge in [0.05, 0.1) is 5.56 Å². The van der Waals surface area contributed by atoms with Crippen molar-refractivity contribution < 1.29 is 9.59 Å². The molecule has 1 aromatic heterocycles. The molecule has 2 aromatic rings. The predicted molar refractivity (Wildman–Crippen MR) is 131 cm³/mol. The lowest BCUT2D eigenvalue weighted by Gasteiger charge is -2.50. The van der Waals surface area contributed by atoms with Crippen LogP contribution in [0, 0.1) is 34.5 Å². The molecule has 5 nitrogen and oxygen atoms in total. The van der Waals surface area contributed by atoms with Crippen molar-refractivity contribution in [3.05, 3.63) is 58.2 Å². The molecule has 0 radical (unpaired) electrons. The number of fused-ring (bicyclic) bond motifs is 5. The zero-order valence-electron chi connectivity index (χ0n) is 19.5. The highest BCUT2D eigenvalue weighted by molar-refractivity contribution is 6.30. The van der Waals surface area contributed by atoms with Crippen LogP contribution in [0.4, 0.5) is 5.82 Å². The van der Waals surface area contributed by atoms with Crippen LogP contribution in [-0.4, -0.2) is 16.7 Å². The molecule has 3 unspecified atom stereocenters. The Morgan fingerprint density at radius 3 is 2.91 bits per heavy atom. The number of carbonyl (C=O) groups is 2. The van der Waals surface area contributed by atoms with E-state index >= 15 is 0 Å². The number of aryl methyl sites for hydroxylation is 1. The normalized spacial score (nSPS) is 29.5. The number of aromatic nitrogens is 1. The molecule has 3 aliphatic rings. The summed E-state index contributed by atoms with van der Waals surface area (Å²) in [4.78, 5) is 29.7. The van der Waals surface area contributed by atoms with E-state index in [-0.39, 0.29) is 11.3 Å². The van der Waals surface area contributed by atoms with Crippen LogP contribution in [0.1, 0.15) is 74.5 Å². The molecule has 0 bridgehead atoms. The number of halogens is 1. The van der Waals surface area contributed by atoms with Gasteiger partial charge in [0.15, 0.2) is 0 Å². The lowest BCUT2D eigenvalue weighted by atomic mass is 9.54. The van der Waals surface area contributed by atoms with Crippen molar-refractivity contribution in [2.24, 2.45) is 23.2 Å². The van der Waals surface area contributed by atoms with Crippen LogP contribution >= 0.6 is 11.6 Å². The topological polar surface area (TPSA) is 82.8 Å². The molecule has 5 rings (SSSR count). The number of amides is 1. The molecule has 0 saturated heterocycles. The summed E-state index contributed by atoms with van der Waals surface area (Å²) in [5.41, 5.74) is 3.07. The summed E-state index contributed by atoms with van der Waals surface area (Å²) < 4.78 is 0. The maximum atomic E-state index is 13.2. The van der Waals surface area contributed by atoms with Crippen LogP contribution in [0.5, 0.6) is 0 Å². The number of rotatable bonds is 5. The SMILES string of the molecule is C[C@]12CCC3c4ccc(Cl)cc4CCC3C1[C@H](CCCC(=O)Nc1ccc(C#N)cn1)CC2=O. The van der Waals surface area contributed by atoms with Crippen LogP contribution < -0.4 is 5.32 Å². The fourth-order valence-electron chi connectivity index (χ4n) is 7.14. The summed E-state index contributed by atoms with van der Waals surface area (Å²) in [7, 11) is 0. The van der Waals surface area contributed by atoms with E-state index < -0.39 is 0 Å². The van der Waals surface area contributed by atoms with Gasteiger partial charge in [-0.05, 0) is 97.6 Å². The third-order valence-corrected chi connectivity index (χ3v) is 8.91. The summed E-state index contributed by atoms with van der Waals surface area (Å²) in [6, 6.07) is 11.7. The van der Waals surface area contributed by atoms with Gasteiger partial charge < -0.3 is 5.32 Å². The molecule has 2 fully saturated rings. The molecule has 176 valence electrons. The number of ketones is 1. The number of nitrogens with one attached hydrogen (secondary N) is 1. The highest BCUT2D eigenvalue weighted by atomic mass is 35.5. The van der Waals surface area contributed by atoms with Crippen LogP contribution in [0.25, 0.3) is 0 Å². The zero-order valence-corrected chi connectivity index (χ0v) is 20.3. The molecule has 5 atom stereocenters. The van der Waals surface area contributed by atoms with Crippen molar-refractivity contribution >= 4 is 29.1 Å². The summed E-state index contributed by atoms with van der Waals surface area (Å²) in [6.07, 6.45) is 8.36. The fraction of sp³-hybridized carbons (Fsp3) is 0.500. The van der Waals surface area contributed by atoms with Gasteiger partial charge in [0.1, 0.15) is 17.7 Å². The summed E-state index contributed by atoms with van der Waals surface area (Å²) >= 11 is 6.26. The molecule has 6 heteroatoms. The van der Waals surface area contributed by atoms with Crippen molar-refractivity contribution in [1.29, 1.82) is 5.26 Å². The predicted octanol–water partition coefficient (Wildman–Crippen LogP) is 6.07. The van der Waals surface area contributed by atoms with Crippen molar-refractivity contribution in [1.82, 2.24) is 4.98 Å². The van der Waals surface area contributed by atoms with Gasteiger partial charge >= 0.3 is 0 Å². The number of hydrogen-bond donors (Lipinski definition) is 1. The molecule has 1 amide bonds. The van der Waals surface area contributed by atoms with Gasteiger partial charge in [-0.3, -0.25) is 9.59 Å². The number of Topliss-reactive ketones (excluding diaryl/α,β-unsaturated/α-hetero) is 1. The second kappa shape index (κ2) is 9.15. The molecule has 0 spiro atoms. The summed E-state index contributed by atoms with van der Waals surface area (Å²) in [5, 5.41) is 12.5. The Morgan fingerprint density at radius 1 is 1.29 bits per heavy atom. The van der Waals surface area contributed by atoms with Gasteiger partial charge in [0.25, 0.3) is 0 Å². The minimum atomic E-state index is -0.218. The van der Waals surface area contributed by atoms with E-state index in [2.05, 4.69) is 29.4 Å². The standard InChI is InChI=1S/C28H30ClN3O2/c1-28-12-11-22-21-9-7-20(29)13-18(21)6-8-23(22)27(28)19(14-24(28)33)3-2-4-26(34)32-25-10-5-17(15-30)16-31-25/h5,7,9-10,13,16,19,22-23,27H,2-4,6,8,11-12,14H2,1H3,(H,31,32,34)/t19-,22?,23?,27?,28-/m1/s1. The molecule has 1 N–H and O–H groups in total. The minimum Gasteiger partial charge on any atom is -0.311 e. The van der Waals surface area contributed by atoms with E-state index in [9.17, 15) is 9.59 Å². The Kier molecular flexibility index (Phi) is 6.20. The summed E-state index contributed by atoms with van der Waals surface area (Å²) in [5.74, 6) is 2.59. The highest BCUT2D eigenvalue weighted by Gasteiger charge is 2.58. The van der Waals surface area contributed by atoms with Gasteiger partial charge in [-0.25, -0.2) is 4.98 Å². The lowest BCUT2D eigenvalue weighted by Crippen LogP contribution is -2.44. The molecule has 2 saturated carbocycles. The average molecular weight is 476 g/mol. The Labute approximate surface area is 205 Å². The number of nitriles is 1. The third kappa shape index (κ3) is 4.14. The van der Waals surface area contributed by atoms with E-state index in [0.717, 1.165) is 43.5 Å². The highest BCUT2D eigenvalue weighted by Crippen LogP contribution is 2.62. The first kappa shape index (κ1) is 23.1. The van der Waals surface area contributed by atoms with E-state index in [4.69, 9.17) is 16.9 Å². The van der Waals surface area contributed by atoms with E-state index in [1.807, 2.05) is 12.1 Å². The maximum Gasteiger partial charge on any atom is 0.225 e. The number of pyridine rings is 1. The number of benzene rings is 1. The molecular weight excluding hydrogens is 446 g/mol. The van der Waals surface area contributed by atoms with Gasteiger partial charge in [0.2, 0.25) is 5.91 Å². The zero-order chi connectivity index (χ0) is 23.9. The third-order valence-electron chi connectivity index (χ3n) is 8.67. The van der Waals surface area contributed by atoms with Crippen molar-refractivity contribution in [2.75, 3.05) is 5.32 Å².